The third-order valence-corrected chi connectivity index (χ3v) is 5.99. The normalized spacial score (nSPS) is 12.7. The molecule has 2 aromatic carbocycles. The minimum Gasteiger partial charge on any atom is -0.326 e. The molecule has 2 aromatic rings. The summed E-state index contributed by atoms with van der Waals surface area (Å²) in [5, 5.41) is 6.14. The Morgan fingerprint density at radius 2 is 0.938 bits per heavy atom. The molecule has 0 radical (unpaired) electrons. The van der Waals surface area contributed by atoms with Gasteiger partial charge in [0.25, 0.3) is 0 Å². The van der Waals surface area contributed by atoms with Crippen LogP contribution < -0.4 is 10.6 Å². The van der Waals surface area contributed by atoms with Gasteiger partial charge in [-0.1, -0.05) is 88.8 Å². The first-order valence-electron chi connectivity index (χ1n) is 12.4. The van der Waals surface area contributed by atoms with E-state index < -0.39 is 0 Å². The molecule has 0 aliphatic carbocycles. The van der Waals surface area contributed by atoms with Gasteiger partial charge in [-0.25, -0.2) is 0 Å². The summed E-state index contributed by atoms with van der Waals surface area (Å²) < 4.78 is 0. The van der Waals surface area contributed by atoms with Gasteiger partial charge in [0.1, 0.15) is 0 Å². The Kier molecular flexibility index (Phi) is 12.2. The van der Waals surface area contributed by atoms with E-state index in [1.54, 1.807) is 0 Å². The molecule has 0 aliphatic heterocycles. The number of unbranched alkanes of at least 4 members (excludes halogenated alkanes) is 3. The molecule has 0 heterocycles. The molecule has 2 atom stereocenters. The second kappa shape index (κ2) is 15.2. The van der Waals surface area contributed by atoms with E-state index in [2.05, 4.69) is 24.5 Å². The second-order valence-electron chi connectivity index (χ2n) is 8.67. The fraction of sp³-hybridized carbons (Fsp3) is 0.500. The minimum absolute atomic E-state index is 0.0300. The van der Waals surface area contributed by atoms with Crippen molar-refractivity contribution in [3.05, 3.63) is 60.7 Å². The molecule has 0 aromatic heterocycles. The number of amides is 2. The average molecular weight is 437 g/mol. The molecule has 174 valence electrons. The smallest absolute Gasteiger partial charge is 0.227 e. The minimum atomic E-state index is 0.0300. The first kappa shape index (κ1) is 25.6. The summed E-state index contributed by atoms with van der Waals surface area (Å²) in [4.78, 5) is 25.6. The Bertz CT molecular complexity index is 709. The van der Waals surface area contributed by atoms with Crippen molar-refractivity contribution in [2.24, 2.45) is 11.8 Å². The topological polar surface area (TPSA) is 58.2 Å². The van der Waals surface area contributed by atoms with Crippen LogP contribution in [0.3, 0.4) is 0 Å². The van der Waals surface area contributed by atoms with Gasteiger partial charge in [-0.15, -0.1) is 0 Å². The van der Waals surface area contributed by atoms with Crippen LogP contribution in [0.5, 0.6) is 0 Å². The zero-order valence-electron chi connectivity index (χ0n) is 19.8. The van der Waals surface area contributed by atoms with E-state index in [9.17, 15) is 9.59 Å². The molecule has 4 heteroatoms. The summed E-state index contributed by atoms with van der Waals surface area (Å²) in [7, 11) is 0. The van der Waals surface area contributed by atoms with E-state index in [-0.39, 0.29) is 23.7 Å². The molecule has 32 heavy (non-hydrogen) atoms. The van der Waals surface area contributed by atoms with Crippen LogP contribution in [0.25, 0.3) is 0 Å². The van der Waals surface area contributed by atoms with Crippen LogP contribution in [0.4, 0.5) is 11.4 Å². The van der Waals surface area contributed by atoms with Crippen LogP contribution in [0.15, 0.2) is 60.7 Å². The molecule has 0 bridgehead atoms. The fourth-order valence-corrected chi connectivity index (χ4v) is 4.03. The third-order valence-electron chi connectivity index (χ3n) is 5.99. The summed E-state index contributed by atoms with van der Waals surface area (Å²) in [5.41, 5.74) is 1.72. The van der Waals surface area contributed by atoms with Gasteiger partial charge >= 0.3 is 0 Å². The summed E-state index contributed by atoms with van der Waals surface area (Å²) in [6.07, 6.45) is 9.83. The van der Waals surface area contributed by atoms with Crippen molar-refractivity contribution in [1.82, 2.24) is 0 Å². The lowest BCUT2D eigenvalue weighted by molar-refractivity contribution is -0.121. The van der Waals surface area contributed by atoms with E-state index in [4.69, 9.17) is 0 Å². The Balaban J connectivity index is 1.85. The van der Waals surface area contributed by atoms with Gasteiger partial charge in [0, 0.05) is 23.2 Å². The first-order valence-corrected chi connectivity index (χ1v) is 12.4. The summed E-state index contributed by atoms with van der Waals surface area (Å²) in [6, 6.07) is 19.4. The Hall–Kier alpha value is -2.62. The van der Waals surface area contributed by atoms with Gasteiger partial charge in [0.2, 0.25) is 11.8 Å². The maximum Gasteiger partial charge on any atom is 0.227 e. The van der Waals surface area contributed by atoms with E-state index in [1.807, 2.05) is 60.7 Å². The highest BCUT2D eigenvalue weighted by molar-refractivity contribution is 5.93. The van der Waals surface area contributed by atoms with Crippen LogP contribution >= 0.6 is 0 Å². The zero-order valence-corrected chi connectivity index (χ0v) is 19.8. The summed E-state index contributed by atoms with van der Waals surface area (Å²) in [5.74, 6) is 0.299. The molecule has 4 nitrogen and oxygen atoms in total. The molecule has 2 unspecified atom stereocenters. The fourth-order valence-electron chi connectivity index (χ4n) is 4.03. The van der Waals surface area contributed by atoms with E-state index in [1.165, 1.54) is 0 Å². The van der Waals surface area contributed by atoms with E-state index in [0.29, 0.717) is 0 Å². The number of hydrogen-bond donors (Lipinski definition) is 2. The maximum absolute atomic E-state index is 12.8. The van der Waals surface area contributed by atoms with Crippen LogP contribution in [0, 0.1) is 11.8 Å². The number of carbonyl (C=O) groups is 2. The van der Waals surface area contributed by atoms with Crippen molar-refractivity contribution in [3.63, 3.8) is 0 Å². The van der Waals surface area contributed by atoms with E-state index >= 15 is 0 Å². The monoisotopic (exact) mass is 436 g/mol. The highest BCUT2D eigenvalue weighted by atomic mass is 16.2. The quantitative estimate of drug-likeness (QED) is 0.285. The molecular formula is C28H40N2O2. The molecule has 0 fully saturated rings. The molecule has 0 aliphatic rings. The number of anilines is 2. The number of rotatable bonds is 15. The lowest BCUT2D eigenvalue weighted by Gasteiger charge is -2.19. The average Bonchev–Trinajstić information content (AvgIpc) is 2.81. The molecular weight excluding hydrogens is 396 g/mol. The van der Waals surface area contributed by atoms with Crippen molar-refractivity contribution in [3.8, 4) is 0 Å². The molecule has 0 spiro atoms. The van der Waals surface area contributed by atoms with Crippen molar-refractivity contribution >= 4 is 23.2 Å². The van der Waals surface area contributed by atoms with Crippen LogP contribution in [0.1, 0.15) is 78.1 Å². The van der Waals surface area contributed by atoms with Crippen molar-refractivity contribution in [2.45, 2.75) is 78.1 Å². The molecule has 2 N–H and O–H groups in total. The van der Waals surface area contributed by atoms with Crippen LogP contribution in [-0.2, 0) is 9.59 Å². The largest absolute Gasteiger partial charge is 0.326 e. The number of nitrogens with one attached hydrogen (secondary N) is 2. The number of benzene rings is 2. The van der Waals surface area contributed by atoms with Gasteiger partial charge in [-0.05, 0) is 49.9 Å². The second-order valence-corrected chi connectivity index (χ2v) is 8.67. The lowest BCUT2D eigenvalue weighted by atomic mass is 9.91. The Morgan fingerprint density at radius 1 is 0.594 bits per heavy atom. The number of hydrogen-bond acceptors (Lipinski definition) is 2. The van der Waals surface area contributed by atoms with Gasteiger partial charge in [0.05, 0.1) is 0 Å². The Labute approximate surface area is 194 Å². The van der Waals surface area contributed by atoms with Crippen molar-refractivity contribution < 1.29 is 9.59 Å². The molecule has 0 saturated carbocycles. The Morgan fingerprint density at radius 3 is 1.28 bits per heavy atom. The van der Waals surface area contributed by atoms with Gasteiger partial charge in [0.15, 0.2) is 0 Å². The van der Waals surface area contributed by atoms with Gasteiger partial charge < -0.3 is 10.6 Å². The maximum atomic E-state index is 12.8. The standard InChI is InChI=1S/C28H40N2O2/c1-3-5-15-23(27(31)29-25-19-9-7-10-20-25)17-13-14-18-24(16-6-4-2)28(32)30-26-21-11-8-12-22-26/h7-12,19-24H,3-6,13-18H2,1-2H3,(H,29,31)(H,30,32). The SMILES string of the molecule is CCCCC(CCCCC(CCCC)C(=O)Nc1ccccc1)C(=O)Nc1ccccc1. The van der Waals surface area contributed by atoms with Gasteiger partial charge in [-0.3, -0.25) is 9.59 Å². The zero-order chi connectivity index (χ0) is 23.0. The highest BCUT2D eigenvalue weighted by Gasteiger charge is 2.20. The summed E-state index contributed by atoms with van der Waals surface area (Å²) >= 11 is 0. The third kappa shape index (κ3) is 9.67. The predicted molar refractivity (Wildman–Crippen MR) is 135 cm³/mol. The highest BCUT2D eigenvalue weighted by Crippen LogP contribution is 2.23. The lowest BCUT2D eigenvalue weighted by Crippen LogP contribution is -2.24. The molecule has 0 saturated heterocycles. The number of carbonyl (C=O) groups excluding carboxylic acids is 2. The van der Waals surface area contributed by atoms with Gasteiger partial charge in [-0.2, -0.15) is 0 Å². The van der Waals surface area contributed by atoms with Crippen LogP contribution in [-0.4, -0.2) is 11.8 Å². The van der Waals surface area contributed by atoms with E-state index in [0.717, 1.165) is 75.6 Å². The van der Waals surface area contributed by atoms with Crippen LogP contribution in [0.2, 0.25) is 0 Å². The first-order chi connectivity index (χ1) is 15.6. The molecule has 2 rings (SSSR count). The summed E-state index contributed by atoms with van der Waals surface area (Å²) in [6.45, 7) is 4.33. The number of para-hydroxylation sites is 2. The molecule has 2 amide bonds. The predicted octanol–water partition coefficient (Wildman–Crippen LogP) is 7.44. The van der Waals surface area contributed by atoms with Crippen molar-refractivity contribution in [1.29, 1.82) is 0 Å². The van der Waals surface area contributed by atoms with Crippen molar-refractivity contribution in [2.75, 3.05) is 10.6 Å².